The van der Waals surface area contributed by atoms with Gasteiger partial charge in [0.25, 0.3) is 0 Å². The average Bonchev–Trinajstić information content (AvgIpc) is 2.41. The summed E-state index contributed by atoms with van der Waals surface area (Å²) in [6, 6.07) is 0.0128. The minimum absolute atomic E-state index is 0.0128. The van der Waals surface area contributed by atoms with E-state index in [0.717, 1.165) is 12.7 Å². The zero-order valence-corrected chi connectivity index (χ0v) is 14.7. The molecule has 0 aromatic carbocycles. The maximum Gasteiger partial charge on any atom is 0.457 e. The van der Waals surface area contributed by atoms with Gasteiger partial charge in [-0.15, -0.1) is 0 Å². The Hall–Kier alpha value is -0.745. The first-order valence-corrected chi connectivity index (χ1v) is 7.67. The molecule has 21 heavy (non-hydrogen) atoms. The maximum atomic E-state index is 11.7. The molecule has 5 nitrogen and oxygen atoms in total. The molecule has 0 spiro atoms. The van der Waals surface area contributed by atoms with Crippen LogP contribution >= 0.6 is 0 Å². The van der Waals surface area contributed by atoms with Crippen LogP contribution in [-0.2, 0) is 14.0 Å². The fraction of sp³-hybridized carbons (Fsp3) is 0.933. The van der Waals surface area contributed by atoms with Crippen LogP contribution in [0.1, 0.15) is 61.8 Å². The number of rotatable bonds is 4. The molecule has 122 valence electrons. The molecule has 0 bridgehead atoms. The van der Waals surface area contributed by atoms with Crippen molar-refractivity contribution in [1.82, 2.24) is 5.32 Å². The SMILES string of the molecule is CC(CCB1OC(C)(C)C(C)(C)O1)NC(=O)OC(C)(C)C. The Labute approximate surface area is 129 Å². The van der Waals surface area contributed by atoms with Crippen LogP contribution in [0.5, 0.6) is 0 Å². The van der Waals surface area contributed by atoms with Crippen molar-refractivity contribution in [2.45, 2.75) is 91.0 Å². The topological polar surface area (TPSA) is 56.8 Å². The molecule has 1 atom stereocenters. The monoisotopic (exact) mass is 299 g/mol. The molecule has 1 heterocycles. The third-order valence-electron chi connectivity index (χ3n) is 3.90. The van der Waals surface area contributed by atoms with Crippen molar-refractivity contribution < 1.29 is 18.8 Å². The number of carbonyl (C=O) groups is 1. The van der Waals surface area contributed by atoms with Crippen molar-refractivity contribution in [2.75, 3.05) is 0 Å². The summed E-state index contributed by atoms with van der Waals surface area (Å²) in [7, 11) is -0.224. The lowest BCUT2D eigenvalue weighted by Gasteiger charge is -2.32. The van der Waals surface area contributed by atoms with Gasteiger partial charge in [-0.25, -0.2) is 4.79 Å². The molecule has 1 rings (SSSR count). The summed E-state index contributed by atoms with van der Waals surface area (Å²) < 4.78 is 17.1. The van der Waals surface area contributed by atoms with Gasteiger partial charge in [0.15, 0.2) is 0 Å². The van der Waals surface area contributed by atoms with E-state index < -0.39 is 5.60 Å². The second-order valence-corrected chi connectivity index (χ2v) is 7.81. The highest BCUT2D eigenvalue weighted by atomic mass is 16.7. The number of ether oxygens (including phenoxy) is 1. The van der Waals surface area contributed by atoms with E-state index in [2.05, 4.69) is 5.32 Å². The van der Waals surface area contributed by atoms with Crippen molar-refractivity contribution >= 4 is 13.2 Å². The summed E-state index contributed by atoms with van der Waals surface area (Å²) >= 11 is 0. The van der Waals surface area contributed by atoms with Crippen LogP contribution < -0.4 is 5.32 Å². The molecule has 6 heteroatoms. The largest absolute Gasteiger partial charge is 0.457 e. The summed E-state index contributed by atoms with van der Waals surface area (Å²) in [5.41, 5.74) is -1.09. The number of alkyl carbamates (subject to hydrolysis) is 1. The van der Waals surface area contributed by atoms with Gasteiger partial charge in [-0.05, 0) is 68.1 Å². The number of carbonyl (C=O) groups excluding carboxylic acids is 1. The zero-order chi connectivity index (χ0) is 16.5. The quantitative estimate of drug-likeness (QED) is 0.808. The van der Waals surface area contributed by atoms with Crippen molar-refractivity contribution in [3.8, 4) is 0 Å². The van der Waals surface area contributed by atoms with Gasteiger partial charge in [0, 0.05) is 6.04 Å². The van der Waals surface area contributed by atoms with E-state index in [4.69, 9.17) is 14.0 Å². The van der Waals surface area contributed by atoms with Crippen LogP contribution in [0.2, 0.25) is 6.32 Å². The lowest BCUT2D eigenvalue weighted by molar-refractivity contribution is 0.00578. The Morgan fingerprint density at radius 1 is 1.19 bits per heavy atom. The van der Waals surface area contributed by atoms with Gasteiger partial charge >= 0.3 is 13.2 Å². The fourth-order valence-electron chi connectivity index (χ4n) is 2.05. The highest BCUT2D eigenvalue weighted by Crippen LogP contribution is 2.38. The summed E-state index contributed by atoms with van der Waals surface area (Å²) in [5.74, 6) is 0. The predicted octanol–water partition coefficient (Wildman–Crippen LogP) is 3.38. The predicted molar refractivity (Wildman–Crippen MR) is 84.3 cm³/mol. The van der Waals surface area contributed by atoms with E-state index in [1.165, 1.54) is 0 Å². The van der Waals surface area contributed by atoms with Crippen LogP contribution in [0.3, 0.4) is 0 Å². The van der Waals surface area contributed by atoms with E-state index in [1.807, 2.05) is 55.4 Å². The molecule has 1 aliphatic heterocycles. The Morgan fingerprint density at radius 3 is 2.10 bits per heavy atom. The smallest absolute Gasteiger partial charge is 0.444 e. The molecule has 0 aromatic rings. The highest BCUT2D eigenvalue weighted by Gasteiger charge is 2.50. The van der Waals surface area contributed by atoms with Gasteiger partial charge in [0.1, 0.15) is 5.60 Å². The summed E-state index contributed by atoms with van der Waals surface area (Å²) in [6.07, 6.45) is 1.13. The Balaban J connectivity index is 2.35. The molecule has 0 aromatic heterocycles. The second-order valence-electron chi connectivity index (χ2n) is 7.81. The molecule has 1 fully saturated rings. The molecule has 1 amide bonds. The minimum Gasteiger partial charge on any atom is -0.444 e. The highest BCUT2D eigenvalue weighted by molar-refractivity contribution is 6.45. The number of hydrogen-bond donors (Lipinski definition) is 1. The van der Waals surface area contributed by atoms with Gasteiger partial charge in [0.2, 0.25) is 0 Å². The molecule has 1 saturated heterocycles. The summed E-state index contributed by atoms with van der Waals surface area (Å²) in [5, 5.41) is 2.83. The fourth-order valence-corrected chi connectivity index (χ4v) is 2.05. The van der Waals surface area contributed by atoms with Gasteiger partial charge in [-0.2, -0.15) is 0 Å². The molecule has 1 unspecified atom stereocenters. The third kappa shape index (κ3) is 5.51. The lowest BCUT2D eigenvalue weighted by atomic mass is 9.81. The van der Waals surface area contributed by atoms with Crippen molar-refractivity contribution in [3.05, 3.63) is 0 Å². The van der Waals surface area contributed by atoms with E-state index in [1.54, 1.807) is 0 Å². The Kier molecular flexibility index (Phi) is 5.38. The van der Waals surface area contributed by atoms with Crippen molar-refractivity contribution in [3.63, 3.8) is 0 Å². The first-order valence-electron chi connectivity index (χ1n) is 7.67. The number of hydrogen-bond acceptors (Lipinski definition) is 4. The summed E-state index contributed by atoms with van der Waals surface area (Å²) in [6.45, 7) is 15.6. The van der Waals surface area contributed by atoms with E-state index >= 15 is 0 Å². The first-order chi connectivity index (χ1) is 9.32. The van der Waals surface area contributed by atoms with E-state index in [-0.39, 0.29) is 30.5 Å². The van der Waals surface area contributed by atoms with Crippen LogP contribution in [0.15, 0.2) is 0 Å². The van der Waals surface area contributed by atoms with Crippen molar-refractivity contribution in [1.29, 1.82) is 0 Å². The van der Waals surface area contributed by atoms with Gasteiger partial charge in [-0.3, -0.25) is 0 Å². The molecule has 1 aliphatic rings. The standard InChI is InChI=1S/C15H30BNO4/c1-11(17-12(18)19-13(2,3)4)9-10-16-20-14(5,6)15(7,8)21-16/h11H,9-10H2,1-8H3,(H,17,18). The van der Waals surface area contributed by atoms with E-state index in [9.17, 15) is 4.79 Å². The summed E-state index contributed by atoms with van der Waals surface area (Å²) in [4.78, 5) is 11.7. The Bertz CT molecular complexity index is 360. The van der Waals surface area contributed by atoms with Crippen LogP contribution in [0.25, 0.3) is 0 Å². The molecule has 0 saturated carbocycles. The van der Waals surface area contributed by atoms with Crippen LogP contribution in [0.4, 0.5) is 4.79 Å². The van der Waals surface area contributed by atoms with Gasteiger partial charge < -0.3 is 19.4 Å². The second kappa shape index (κ2) is 6.17. The van der Waals surface area contributed by atoms with E-state index in [0.29, 0.717) is 0 Å². The average molecular weight is 299 g/mol. The van der Waals surface area contributed by atoms with Crippen molar-refractivity contribution in [2.24, 2.45) is 0 Å². The normalized spacial score (nSPS) is 22.0. The molecule has 1 N–H and O–H groups in total. The molecule has 0 radical (unpaired) electrons. The van der Waals surface area contributed by atoms with Gasteiger partial charge in [-0.1, -0.05) is 0 Å². The molecule has 0 aliphatic carbocycles. The minimum atomic E-state index is -0.477. The third-order valence-corrected chi connectivity index (χ3v) is 3.90. The lowest BCUT2D eigenvalue weighted by Crippen LogP contribution is -2.41. The van der Waals surface area contributed by atoms with Gasteiger partial charge in [0.05, 0.1) is 11.2 Å². The zero-order valence-electron chi connectivity index (χ0n) is 14.7. The first kappa shape index (κ1) is 18.3. The number of nitrogens with one attached hydrogen (secondary N) is 1. The van der Waals surface area contributed by atoms with Crippen LogP contribution in [0, 0.1) is 0 Å². The van der Waals surface area contributed by atoms with Crippen LogP contribution in [-0.4, -0.2) is 36.1 Å². The number of amides is 1. The molecular formula is C15H30BNO4. The Morgan fingerprint density at radius 2 is 1.67 bits per heavy atom. The molecular weight excluding hydrogens is 269 g/mol. The maximum absolute atomic E-state index is 11.7.